The Morgan fingerprint density at radius 2 is 1.94 bits per heavy atom. The van der Waals surface area contributed by atoms with E-state index < -0.39 is 28.7 Å². The number of likely N-dealkylation sites (tertiary alicyclic amines) is 1. The number of aromatic nitrogens is 2. The summed E-state index contributed by atoms with van der Waals surface area (Å²) in [6, 6.07) is 10.5. The van der Waals surface area contributed by atoms with Crippen LogP contribution in [0.15, 0.2) is 61.1 Å². The van der Waals surface area contributed by atoms with Crippen LogP contribution in [0.3, 0.4) is 0 Å². The Bertz CT molecular complexity index is 1160. The van der Waals surface area contributed by atoms with Crippen molar-refractivity contribution in [1.29, 1.82) is 0 Å². The van der Waals surface area contributed by atoms with Gasteiger partial charge in [0.05, 0.1) is 34.1 Å². The second kappa shape index (κ2) is 11.4. The number of carbonyl (C=O) groups excluding carboxylic acids is 1. The smallest absolute Gasteiger partial charge is 0.344 e. The Labute approximate surface area is 213 Å². The molecule has 1 aliphatic heterocycles. The number of piperidine rings is 1. The van der Waals surface area contributed by atoms with Gasteiger partial charge in [-0.2, -0.15) is 13.2 Å². The lowest BCUT2D eigenvalue weighted by atomic mass is 9.90. The van der Waals surface area contributed by atoms with Crippen molar-refractivity contribution in [2.75, 3.05) is 13.6 Å². The van der Waals surface area contributed by atoms with Crippen LogP contribution in [-0.2, 0) is 6.18 Å². The number of alkyl halides is 3. The molecule has 2 heterocycles. The molecule has 0 bridgehead atoms. The molecule has 0 saturated carbocycles. The molecule has 1 unspecified atom stereocenters. The second-order valence-corrected chi connectivity index (χ2v) is 8.75. The number of likely N-dealkylation sites (N-methyl/N-ethyl adjacent to an activating group) is 1. The van der Waals surface area contributed by atoms with E-state index in [0.29, 0.717) is 5.69 Å². The van der Waals surface area contributed by atoms with Gasteiger partial charge in [0.25, 0.3) is 5.91 Å². The molecule has 10 heteroatoms. The first-order valence-electron chi connectivity index (χ1n) is 11.0. The predicted octanol–water partition coefficient (Wildman–Crippen LogP) is 6.19. The highest BCUT2D eigenvalue weighted by molar-refractivity contribution is 6.34. The van der Waals surface area contributed by atoms with E-state index in [1.54, 1.807) is 18.6 Å². The second-order valence-electron chi connectivity index (χ2n) is 8.38. The van der Waals surface area contributed by atoms with Gasteiger partial charge in [-0.05, 0) is 50.2 Å². The Hall–Kier alpha value is -2.68. The van der Waals surface area contributed by atoms with Crippen LogP contribution < -0.4 is 5.32 Å². The van der Waals surface area contributed by atoms with Crippen LogP contribution in [-0.4, -0.2) is 40.4 Å². The summed E-state index contributed by atoms with van der Waals surface area (Å²) in [7, 11) is 1.99. The van der Waals surface area contributed by atoms with Gasteiger partial charge in [0.2, 0.25) is 0 Å². The first-order chi connectivity index (χ1) is 16.3. The van der Waals surface area contributed by atoms with Gasteiger partial charge in [-0.15, -0.1) is 12.4 Å². The van der Waals surface area contributed by atoms with Crippen molar-refractivity contribution in [2.24, 2.45) is 0 Å². The lowest BCUT2D eigenvalue weighted by Gasteiger charge is -2.38. The van der Waals surface area contributed by atoms with Crippen molar-refractivity contribution >= 4 is 29.9 Å². The minimum atomic E-state index is -4.65. The van der Waals surface area contributed by atoms with Crippen molar-refractivity contribution < 1.29 is 18.0 Å². The molecule has 1 aromatic heterocycles. The van der Waals surface area contributed by atoms with Gasteiger partial charge in [0.1, 0.15) is 0 Å². The Morgan fingerprint density at radius 3 is 2.63 bits per heavy atom. The van der Waals surface area contributed by atoms with Crippen LogP contribution >= 0.6 is 24.0 Å². The summed E-state index contributed by atoms with van der Waals surface area (Å²) in [6.07, 6.45) is 3.08. The highest BCUT2D eigenvalue weighted by atomic mass is 35.5. The van der Waals surface area contributed by atoms with E-state index >= 15 is 0 Å². The zero-order chi connectivity index (χ0) is 24.3. The fourth-order valence-corrected chi connectivity index (χ4v) is 4.73. The van der Waals surface area contributed by atoms with Crippen LogP contribution in [0.4, 0.5) is 13.2 Å². The first kappa shape index (κ1) is 26.9. The number of hydrogen-bond acceptors (Lipinski definition) is 4. The molecule has 1 amide bonds. The van der Waals surface area contributed by atoms with Gasteiger partial charge in [0, 0.05) is 24.0 Å². The number of hydrogen-bond donors (Lipinski definition) is 1. The molecule has 2 atom stereocenters. The molecule has 35 heavy (non-hydrogen) atoms. The van der Waals surface area contributed by atoms with Crippen LogP contribution in [0.1, 0.15) is 46.8 Å². The molecule has 0 spiro atoms. The Balaban J connectivity index is 0.00000342. The standard InChI is InChI=1S/C25H24ClF3N4O.ClH/c1-33-13-3-2-10-21(33)23(17-7-4-6-16(14-17)20-15-30-11-12-31-20)32-24(34)18-8-5-9-19(22(18)26)25(27,28)29;/h4-9,11-12,14-15,21,23H,2-3,10,13H2,1H3,(H,32,34);1H/t21-,23?;/m0./s1. The lowest BCUT2D eigenvalue weighted by molar-refractivity contribution is -0.137. The normalized spacial score (nSPS) is 17.3. The summed E-state index contributed by atoms with van der Waals surface area (Å²) in [5.74, 6) is -0.648. The fraction of sp³-hybridized carbons (Fsp3) is 0.320. The molecule has 1 aliphatic rings. The zero-order valence-corrected chi connectivity index (χ0v) is 20.5. The largest absolute Gasteiger partial charge is 0.417 e. The van der Waals surface area contributed by atoms with Gasteiger partial charge in [-0.3, -0.25) is 14.8 Å². The molecule has 0 radical (unpaired) electrons. The topological polar surface area (TPSA) is 58.1 Å². The van der Waals surface area contributed by atoms with E-state index in [0.717, 1.165) is 43.0 Å². The quantitative estimate of drug-likeness (QED) is 0.432. The monoisotopic (exact) mass is 524 g/mol. The van der Waals surface area contributed by atoms with Crippen molar-refractivity contribution in [3.05, 3.63) is 82.8 Å². The van der Waals surface area contributed by atoms with E-state index in [-0.39, 0.29) is 24.0 Å². The van der Waals surface area contributed by atoms with Crippen LogP contribution in [0.5, 0.6) is 0 Å². The molecule has 2 aromatic carbocycles. The summed E-state index contributed by atoms with van der Waals surface area (Å²) < 4.78 is 40.0. The minimum Gasteiger partial charge on any atom is -0.344 e. The third-order valence-electron chi connectivity index (χ3n) is 6.15. The van der Waals surface area contributed by atoms with E-state index in [9.17, 15) is 18.0 Å². The average molecular weight is 525 g/mol. The van der Waals surface area contributed by atoms with Crippen molar-refractivity contribution in [3.63, 3.8) is 0 Å². The number of benzene rings is 2. The Kier molecular flexibility index (Phi) is 8.74. The van der Waals surface area contributed by atoms with Crippen molar-refractivity contribution in [3.8, 4) is 11.3 Å². The average Bonchev–Trinajstić information content (AvgIpc) is 2.83. The van der Waals surface area contributed by atoms with E-state index in [4.69, 9.17) is 11.6 Å². The molecule has 1 fully saturated rings. The summed E-state index contributed by atoms with van der Waals surface area (Å²) >= 11 is 6.03. The molecule has 5 nitrogen and oxygen atoms in total. The summed E-state index contributed by atoms with van der Waals surface area (Å²) in [4.78, 5) is 23.9. The maximum absolute atomic E-state index is 13.3. The molecule has 186 valence electrons. The fourth-order valence-electron chi connectivity index (χ4n) is 4.41. The van der Waals surface area contributed by atoms with Gasteiger partial charge in [-0.25, -0.2) is 0 Å². The van der Waals surface area contributed by atoms with Crippen LogP contribution in [0.25, 0.3) is 11.3 Å². The number of amides is 1. The summed E-state index contributed by atoms with van der Waals surface area (Å²) in [6.45, 7) is 0.866. The van der Waals surface area contributed by atoms with E-state index in [2.05, 4.69) is 20.2 Å². The van der Waals surface area contributed by atoms with Gasteiger partial charge >= 0.3 is 6.18 Å². The molecule has 3 aromatic rings. The number of nitrogens with zero attached hydrogens (tertiary/aromatic N) is 3. The van der Waals surface area contributed by atoms with Crippen LogP contribution in [0, 0.1) is 0 Å². The minimum absolute atomic E-state index is 0. The van der Waals surface area contributed by atoms with Gasteiger partial charge < -0.3 is 10.2 Å². The van der Waals surface area contributed by atoms with Gasteiger partial charge in [-0.1, -0.05) is 42.3 Å². The highest BCUT2D eigenvalue weighted by Gasteiger charge is 2.36. The maximum atomic E-state index is 13.3. The summed E-state index contributed by atoms with van der Waals surface area (Å²) in [5, 5.41) is 2.38. The van der Waals surface area contributed by atoms with E-state index in [1.807, 2.05) is 31.3 Å². The third-order valence-corrected chi connectivity index (χ3v) is 6.56. The van der Waals surface area contributed by atoms with Gasteiger partial charge in [0.15, 0.2) is 0 Å². The van der Waals surface area contributed by atoms with Crippen molar-refractivity contribution in [2.45, 2.75) is 37.5 Å². The number of rotatable bonds is 5. The number of halogens is 5. The zero-order valence-electron chi connectivity index (χ0n) is 18.9. The molecule has 4 rings (SSSR count). The number of nitrogens with one attached hydrogen (secondary N) is 1. The lowest BCUT2D eigenvalue weighted by Crippen LogP contribution is -2.47. The van der Waals surface area contributed by atoms with Crippen molar-refractivity contribution in [1.82, 2.24) is 20.2 Å². The Morgan fingerprint density at radius 1 is 1.17 bits per heavy atom. The first-order valence-corrected chi connectivity index (χ1v) is 11.4. The SMILES string of the molecule is CN1CCCC[C@H]1C(NC(=O)c1cccc(C(F)(F)F)c1Cl)c1cccc(-c2cnccn2)c1.Cl. The van der Waals surface area contributed by atoms with Crippen LogP contribution in [0.2, 0.25) is 5.02 Å². The predicted molar refractivity (Wildman–Crippen MR) is 132 cm³/mol. The summed E-state index contributed by atoms with van der Waals surface area (Å²) in [5.41, 5.74) is 1.12. The molecule has 1 saturated heterocycles. The number of carbonyl (C=O) groups is 1. The molecular weight excluding hydrogens is 500 g/mol. The highest BCUT2D eigenvalue weighted by Crippen LogP contribution is 2.37. The third kappa shape index (κ3) is 6.12. The maximum Gasteiger partial charge on any atom is 0.417 e. The molecule has 0 aliphatic carbocycles. The van der Waals surface area contributed by atoms with E-state index in [1.165, 1.54) is 12.1 Å². The molecular formula is C25H25Cl2F3N4O. The molecule has 1 N–H and O–H groups in total.